The first-order valence-corrected chi connectivity index (χ1v) is 9.18. The molecule has 2 N–H and O–H groups in total. The predicted octanol–water partition coefficient (Wildman–Crippen LogP) is 4.04. The van der Waals surface area contributed by atoms with Gasteiger partial charge in [0.15, 0.2) is 0 Å². The van der Waals surface area contributed by atoms with Gasteiger partial charge in [-0.25, -0.2) is 9.97 Å². The zero-order chi connectivity index (χ0) is 19.1. The highest BCUT2D eigenvalue weighted by Crippen LogP contribution is 2.29. The lowest BCUT2D eigenvalue weighted by molar-refractivity contribution is 0.0747. The summed E-state index contributed by atoms with van der Waals surface area (Å²) in [6.07, 6.45) is 0. The van der Waals surface area contributed by atoms with E-state index in [0.29, 0.717) is 24.3 Å². The van der Waals surface area contributed by atoms with E-state index >= 15 is 0 Å². The van der Waals surface area contributed by atoms with Crippen molar-refractivity contribution in [1.82, 2.24) is 14.9 Å². The number of anilines is 1. The third-order valence-electron chi connectivity index (χ3n) is 5.15. The molecule has 0 unspecified atom stereocenters. The number of aromatic nitrogens is 2. The minimum absolute atomic E-state index is 0.111. The minimum atomic E-state index is -0.125. The van der Waals surface area contributed by atoms with Crippen LogP contribution in [0.3, 0.4) is 0 Å². The van der Waals surface area contributed by atoms with E-state index in [-0.39, 0.29) is 11.9 Å². The van der Waals surface area contributed by atoms with Crippen LogP contribution in [0.15, 0.2) is 72.8 Å². The van der Waals surface area contributed by atoms with E-state index in [0.717, 1.165) is 16.5 Å². The van der Waals surface area contributed by atoms with Gasteiger partial charge in [0.1, 0.15) is 5.69 Å². The Morgan fingerprint density at radius 3 is 2.21 bits per heavy atom. The molecule has 5 rings (SSSR count). The van der Waals surface area contributed by atoms with E-state index in [4.69, 9.17) is 5.73 Å². The molecule has 0 spiro atoms. The molecule has 5 heteroatoms. The Morgan fingerprint density at radius 2 is 1.50 bits per heavy atom. The Balaban J connectivity index is 1.59. The standard InChI is InChI=1S/C23H18N4O/c24-23-25-20-11-10-16(15-6-2-1-3-7-15)12-19(20)21(26-23)22(28)27-13-17-8-4-5-9-18(17)14-27/h1-12H,13-14H2,(H2,24,25,26). The quantitative estimate of drug-likeness (QED) is 0.581. The fraction of sp³-hybridized carbons (Fsp3) is 0.0870. The second-order valence-corrected chi connectivity index (χ2v) is 6.96. The van der Waals surface area contributed by atoms with Gasteiger partial charge in [0.2, 0.25) is 5.95 Å². The van der Waals surface area contributed by atoms with Crippen LogP contribution >= 0.6 is 0 Å². The van der Waals surface area contributed by atoms with Crippen LogP contribution in [0.5, 0.6) is 0 Å². The van der Waals surface area contributed by atoms with Gasteiger partial charge in [-0.1, -0.05) is 60.7 Å². The Bertz CT molecular complexity index is 1180. The summed E-state index contributed by atoms with van der Waals surface area (Å²) in [4.78, 5) is 23.8. The highest BCUT2D eigenvalue weighted by atomic mass is 16.2. The van der Waals surface area contributed by atoms with E-state index in [2.05, 4.69) is 22.1 Å². The summed E-state index contributed by atoms with van der Waals surface area (Å²) in [7, 11) is 0. The molecule has 0 fully saturated rings. The lowest BCUT2D eigenvalue weighted by Gasteiger charge is -2.16. The van der Waals surface area contributed by atoms with Crippen molar-refractivity contribution < 1.29 is 4.79 Å². The Hall–Kier alpha value is -3.73. The Labute approximate surface area is 162 Å². The van der Waals surface area contributed by atoms with E-state index in [1.807, 2.05) is 60.7 Å². The number of nitrogens with two attached hydrogens (primary N) is 1. The SMILES string of the molecule is Nc1nc(C(=O)N2Cc3ccccc3C2)c2cc(-c3ccccc3)ccc2n1. The molecule has 0 bridgehead atoms. The molecule has 136 valence electrons. The molecule has 0 radical (unpaired) electrons. The smallest absolute Gasteiger partial charge is 0.273 e. The topological polar surface area (TPSA) is 72.1 Å². The Morgan fingerprint density at radius 1 is 0.821 bits per heavy atom. The molecule has 1 aromatic heterocycles. The zero-order valence-electron chi connectivity index (χ0n) is 15.2. The van der Waals surface area contributed by atoms with E-state index in [9.17, 15) is 4.79 Å². The molecule has 3 aromatic carbocycles. The van der Waals surface area contributed by atoms with Crippen molar-refractivity contribution in [2.45, 2.75) is 13.1 Å². The molecule has 5 nitrogen and oxygen atoms in total. The summed E-state index contributed by atoms with van der Waals surface area (Å²) in [6.45, 7) is 1.16. The summed E-state index contributed by atoms with van der Waals surface area (Å²) < 4.78 is 0. The van der Waals surface area contributed by atoms with Crippen molar-refractivity contribution in [3.05, 3.63) is 89.6 Å². The summed E-state index contributed by atoms with van der Waals surface area (Å²) in [5.74, 6) is -0.0134. The van der Waals surface area contributed by atoms with Gasteiger partial charge in [-0.15, -0.1) is 0 Å². The zero-order valence-corrected chi connectivity index (χ0v) is 15.2. The summed E-state index contributed by atoms with van der Waals surface area (Å²) in [5.41, 5.74) is 11.4. The highest BCUT2D eigenvalue weighted by Gasteiger charge is 2.26. The molecular formula is C23H18N4O. The Kier molecular flexibility index (Phi) is 3.79. The average Bonchev–Trinajstić information content (AvgIpc) is 3.17. The lowest BCUT2D eigenvalue weighted by Crippen LogP contribution is -2.27. The maximum Gasteiger partial charge on any atom is 0.273 e. The first kappa shape index (κ1) is 16.4. The molecule has 0 saturated carbocycles. The van der Waals surface area contributed by atoms with Crippen molar-refractivity contribution >= 4 is 22.8 Å². The van der Waals surface area contributed by atoms with Crippen molar-refractivity contribution in [2.75, 3.05) is 5.73 Å². The fourth-order valence-corrected chi connectivity index (χ4v) is 3.75. The number of rotatable bonds is 2. The molecule has 28 heavy (non-hydrogen) atoms. The average molecular weight is 366 g/mol. The normalized spacial score (nSPS) is 12.9. The van der Waals surface area contributed by atoms with Gasteiger partial charge in [-0.3, -0.25) is 4.79 Å². The van der Waals surface area contributed by atoms with Gasteiger partial charge in [-0.05, 0) is 34.4 Å². The van der Waals surface area contributed by atoms with Crippen molar-refractivity contribution in [2.24, 2.45) is 0 Å². The molecule has 1 aliphatic rings. The predicted molar refractivity (Wildman–Crippen MR) is 109 cm³/mol. The van der Waals surface area contributed by atoms with Crippen LogP contribution in [-0.2, 0) is 13.1 Å². The van der Waals surface area contributed by atoms with Gasteiger partial charge in [0.05, 0.1) is 5.52 Å². The number of benzene rings is 3. The minimum Gasteiger partial charge on any atom is -0.368 e. The first-order valence-electron chi connectivity index (χ1n) is 9.18. The molecule has 0 saturated heterocycles. The second kappa shape index (κ2) is 6.46. The molecule has 4 aromatic rings. The lowest BCUT2D eigenvalue weighted by atomic mass is 10.0. The van der Waals surface area contributed by atoms with Gasteiger partial charge >= 0.3 is 0 Å². The number of nitrogens with zero attached hydrogens (tertiary/aromatic N) is 3. The van der Waals surface area contributed by atoms with Crippen LogP contribution < -0.4 is 5.73 Å². The van der Waals surface area contributed by atoms with Crippen LogP contribution in [0.2, 0.25) is 0 Å². The number of hydrogen-bond acceptors (Lipinski definition) is 4. The summed E-state index contributed by atoms with van der Waals surface area (Å²) >= 11 is 0. The molecule has 1 amide bonds. The maximum absolute atomic E-state index is 13.3. The van der Waals surface area contributed by atoms with Crippen LogP contribution in [-0.4, -0.2) is 20.8 Å². The molecular weight excluding hydrogens is 348 g/mol. The van der Waals surface area contributed by atoms with Crippen molar-refractivity contribution in [3.63, 3.8) is 0 Å². The number of amides is 1. The monoisotopic (exact) mass is 366 g/mol. The summed E-state index contributed by atoms with van der Waals surface area (Å²) in [5, 5.41) is 0.719. The van der Waals surface area contributed by atoms with Crippen LogP contribution in [0.25, 0.3) is 22.0 Å². The van der Waals surface area contributed by atoms with Gasteiger partial charge in [-0.2, -0.15) is 0 Å². The van der Waals surface area contributed by atoms with Crippen molar-refractivity contribution in [1.29, 1.82) is 0 Å². The van der Waals surface area contributed by atoms with E-state index in [1.165, 1.54) is 11.1 Å². The third kappa shape index (κ3) is 2.77. The second-order valence-electron chi connectivity index (χ2n) is 6.96. The van der Waals surface area contributed by atoms with E-state index < -0.39 is 0 Å². The van der Waals surface area contributed by atoms with Gasteiger partial charge in [0, 0.05) is 18.5 Å². The van der Waals surface area contributed by atoms with E-state index in [1.54, 1.807) is 4.90 Å². The van der Waals surface area contributed by atoms with Crippen molar-refractivity contribution in [3.8, 4) is 11.1 Å². The van der Waals surface area contributed by atoms with Crippen LogP contribution in [0, 0.1) is 0 Å². The number of hydrogen-bond donors (Lipinski definition) is 1. The third-order valence-corrected chi connectivity index (χ3v) is 5.15. The van der Waals surface area contributed by atoms with Gasteiger partial charge < -0.3 is 10.6 Å². The summed E-state index contributed by atoms with van der Waals surface area (Å²) in [6, 6.07) is 24.0. The van der Waals surface area contributed by atoms with Gasteiger partial charge in [0.25, 0.3) is 5.91 Å². The number of carbonyl (C=O) groups is 1. The largest absolute Gasteiger partial charge is 0.368 e. The molecule has 2 heterocycles. The van der Waals surface area contributed by atoms with Crippen LogP contribution in [0.4, 0.5) is 5.95 Å². The number of nitrogen functional groups attached to an aromatic ring is 1. The molecule has 0 aliphatic carbocycles. The maximum atomic E-state index is 13.3. The number of carbonyl (C=O) groups excluding carboxylic acids is 1. The molecule has 0 atom stereocenters. The highest BCUT2D eigenvalue weighted by molar-refractivity contribution is 6.05. The molecule has 1 aliphatic heterocycles. The van der Waals surface area contributed by atoms with Crippen LogP contribution in [0.1, 0.15) is 21.6 Å². The fourth-order valence-electron chi connectivity index (χ4n) is 3.75. The first-order chi connectivity index (χ1) is 13.7. The number of fused-ring (bicyclic) bond motifs is 2.